The average molecular weight is 237 g/mol. The van der Waals surface area contributed by atoms with Gasteiger partial charge in [-0.25, -0.2) is 0 Å². The van der Waals surface area contributed by atoms with Gasteiger partial charge in [0.05, 0.1) is 0 Å². The van der Waals surface area contributed by atoms with Gasteiger partial charge in [0, 0.05) is 10.9 Å². The van der Waals surface area contributed by atoms with E-state index in [4.69, 9.17) is 0 Å². The van der Waals surface area contributed by atoms with Crippen molar-refractivity contribution < 1.29 is 0 Å². The fraction of sp³-hybridized carbons (Fsp3) is 0.714. The number of rotatable bonds is 3. The third-order valence-electron chi connectivity index (χ3n) is 3.99. The van der Waals surface area contributed by atoms with Crippen LogP contribution < -0.4 is 5.32 Å². The summed E-state index contributed by atoms with van der Waals surface area (Å²) in [5.41, 5.74) is 1.53. The van der Waals surface area contributed by atoms with Crippen LogP contribution in [-0.4, -0.2) is 7.05 Å². The highest BCUT2D eigenvalue weighted by Gasteiger charge is 2.27. The first kappa shape index (κ1) is 12.1. The van der Waals surface area contributed by atoms with Gasteiger partial charge in [0.2, 0.25) is 0 Å². The van der Waals surface area contributed by atoms with E-state index < -0.39 is 0 Å². The minimum atomic E-state index is 0.578. The fourth-order valence-corrected chi connectivity index (χ4v) is 3.90. The predicted octanol–water partition coefficient (Wildman–Crippen LogP) is 4.14. The fourth-order valence-electron chi connectivity index (χ4n) is 3.15. The van der Waals surface area contributed by atoms with Gasteiger partial charge in [-0.05, 0) is 55.7 Å². The summed E-state index contributed by atoms with van der Waals surface area (Å²) in [7, 11) is 2.11. The van der Waals surface area contributed by atoms with Crippen LogP contribution in [0, 0.1) is 18.8 Å². The van der Waals surface area contributed by atoms with Crippen molar-refractivity contribution in [3.63, 3.8) is 0 Å². The maximum Gasteiger partial charge on any atom is 0.0357 e. The summed E-state index contributed by atoms with van der Waals surface area (Å²) in [4.78, 5) is 1.48. The molecule has 2 heteroatoms. The Morgan fingerprint density at radius 3 is 2.81 bits per heavy atom. The number of aryl methyl sites for hydroxylation is 1. The van der Waals surface area contributed by atoms with Gasteiger partial charge < -0.3 is 5.32 Å². The smallest absolute Gasteiger partial charge is 0.0357 e. The monoisotopic (exact) mass is 237 g/mol. The van der Waals surface area contributed by atoms with Crippen LogP contribution in [0.2, 0.25) is 0 Å². The summed E-state index contributed by atoms with van der Waals surface area (Å²) in [5.74, 6) is 1.75. The van der Waals surface area contributed by atoms with Crippen molar-refractivity contribution in [2.75, 3.05) is 7.05 Å². The predicted molar refractivity (Wildman–Crippen MR) is 72.0 cm³/mol. The zero-order valence-corrected chi connectivity index (χ0v) is 11.4. The quantitative estimate of drug-likeness (QED) is 0.833. The number of hydrogen-bond acceptors (Lipinski definition) is 2. The van der Waals surface area contributed by atoms with E-state index in [-0.39, 0.29) is 0 Å². The van der Waals surface area contributed by atoms with Gasteiger partial charge in [-0.1, -0.05) is 19.8 Å². The molecule has 1 aliphatic rings. The lowest BCUT2D eigenvalue weighted by Gasteiger charge is -2.33. The van der Waals surface area contributed by atoms with Crippen LogP contribution in [0.4, 0.5) is 0 Å². The second-order valence-electron chi connectivity index (χ2n) is 5.23. The lowest BCUT2D eigenvalue weighted by molar-refractivity contribution is 0.230. The molecule has 1 nitrogen and oxygen atoms in total. The molecule has 16 heavy (non-hydrogen) atoms. The molecule has 1 aromatic heterocycles. The number of hydrogen-bond donors (Lipinski definition) is 1. The molecule has 2 rings (SSSR count). The maximum atomic E-state index is 3.54. The molecular weight excluding hydrogens is 214 g/mol. The standard InChI is InChI=1S/C14H23NS/c1-10-5-4-6-12(9-10)14(15-3)13-7-8-16-11(13)2/h7-8,10,12,14-15H,4-6,9H2,1-3H3. The van der Waals surface area contributed by atoms with Crippen LogP contribution in [0.3, 0.4) is 0 Å². The Kier molecular flexibility index (Phi) is 4.04. The van der Waals surface area contributed by atoms with Crippen molar-refractivity contribution >= 4 is 11.3 Å². The first-order chi connectivity index (χ1) is 7.72. The van der Waals surface area contributed by atoms with E-state index in [0.29, 0.717) is 6.04 Å². The number of nitrogens with one attached hydrogen (secondary N) is 1. The SMILES string of the molecule is CNC(c1ccsc1C)C1CCCC(C)C1. The number of thiophene rings is 1. The van der Waals surface area contributed by atoms with Gasteiger partial charge >= 0.3 is 0 Å². The molecule has 3 atom stereocenters. The van der Waals surface area contributed by atoms with Crippen molar-refractivity contribution in [3.05, 3.63) is 21.9 Å². The summed E-state index contributed by atoms with van der Waals surface area (Å²) >= 11 is 1.87. The van der Waals surface area contributed by atoms with Crippen molar-refractivity contribution in [2.45, 2.75) is 45.6 Å². The molecule has 0 aliphatic heterocycles. The first-order valence-electron chi connectivity index (χ1n) is 6.43. The van der Waals surface area contributed by atoms with Crippen molar-refractivity contribution in [1.82, 2.24) is 5.32 Å². The molecule has 0 saturated heterocycles. The van der Waals surface area contributed by atoms with Gasteiger partial charge in [-0.3, -0.25) is 0 Å². The molecule has 1 saturated carbocycles. The molecule has 0 radical (unpaired) electrons. The van der Waals surface area contributed by atoms with E-state index in [0.717, 1.165) is 11.8 Å². The summed E-state index contributed by atoms with van der Waals surface area (Å²) < 4.78 is 0. The van der Waals surface area contributed by atoms with Crippen LogP contribution in [0.25, 0.3) is 0 Å². The topological polar surface area (TPSA) is 12.0 Å². The first-order valence-corrected chi connectivity index (χ1v) is 7.31. The van der Waals surface area contributed by atoms with Crippen LogP contribution in [0.1, 0.15) is 49.1 Å². The Balaban J connectivity index is 2.13. The van der Waals surface area contributed by atoms with E-state index in [9.17, 15) is 0 Å². The molecule has 1 N–H and O–H groups in total. The Morgan fingerprint density at radius 1 is 1.44 bits per heavy atom. The molecule has 1 heterocycles. The van der Waals surface area contributed by atoms with Crippen molar-refractivity contribution in [1.29, 1.82) is 0 Å². The van der Waals surface area contributed by atoms with Crippen molar-refractivity contribution in [3.8, 4) is 0 Å². The lowest BCUT2D eigenvalue weighted by Crippen LogP contribution is -2.29. The average Bonchev–Trinajstić information content (AvgIpc) is 2.67. The summed E-state index contributed by atoms with van der Waals surface area (Å²) in [5, 5.41) is 5.77. The summed E-state index contributed by atoms with van der Waals surface area (Å²) in [6.45, 7) is 4.65. The third kappa shape index (κ3) is 2.49. The molecule has 1 fully saturated rings. The molecule has 1 aliphatic carbocycles. The van der Waals surface area contributed by atoms with Gasteiger partial charge in [-0.2, -0.15) is 0 Å². The Hall–Kier alpha value is -0.340. The van der Waals surface area contributed by atoms with Gasteiger partial charge in [0.25, 0.3) is 0 Å². The molecule has 0 spiro atoms. The molecule has 0 amide bonds. The Labute approximate surface area is 103 Å². The lowest BCUT2D eigenvalue weighted by atomic mass is 9.77. The zero-order chi connectivity index (χ0) is 11.5. The second kappa shape index (κ2) is 5.33. The second-order valence-corrected chi connectivity index (χ2v) is 6.35. The molecular formula is C14H23NS. The summed E-state index contributed by atoms with van der Waals surface area (Å²) in [6.07, 6.45) is 5.62. The highest BCUT2D eigenvalue weighted by atomic mass is 32.1. The summed E-state index contributed by atoms with van der Waals surface area (Å²) in [6, 6.07) is 2.88. The molecule has 1 aromatic rings. The van der Waals surface area contributed by atoms with Crippen LogP contribution in [0.15, 0.2) is 11.4 Å². The highest BCUT2D eigenvalue weighted by molar-refractivity contribution is 7.10. The van der Waals surface area contributed by atoms with E-state index in [1.165, 1.54) is 36.1 Å². The molecule has 0 aromatic carbocycles. The van der Waals surface area contributed by atoms with Crippen molar-refractivity contribution in [2.24, 2.45) is 11.8 Å². The van der Waals surface area contributed by atoms with Gasteiger partial charge in [-0.15, -0.1) is 11.3 Å². The van der Waals surface area contributed by atoms with Crippen LogP contribution in [-0.2, 0) is 0 Å². The van der Waals surface area contributed by atoms with E-state index in [2.05, 4.69) is 37.7 Å². The van der Waals surface area contributed by atoms with E-state index in [1.54, 1.807) is 0 Å². The molecule has 3 unspecified atom stereocenters. The third-order valence-corrected chi connectivity index (χ3v) is 4.85. The highest BCUT2D eigenvalue weighted by Crippen LogP contribution is 2.38. The van der Waals surface area contributed by atoms with Gasteiger partial charge in [0.15, 0.2) is 0 Å². The zero-order valence-electron chi connectivity index (χ0n) is 10.6. The van der Waals surface area contributed by atoms with Gasteiger partial charge in [0.1, 0.15) is 0 Å². The Morgan fingerprint density at radius 2 is 2.25 bits per heavy atom. The van der Waals surface area contributed by atoms with Crippen LogP contribution >= 0.6 is 11.3 Å². The maximum absolute atomic E-state index is 3.54. The van der Waals surface area contributed by atoms with E-state index in [1.807, 2.05) is 11.3 Å². The largest absolute Gasteiger partial charge is 0.313 e. The molecule has 0 bridgehead atoms. The van der Waals surface area contributed by atoms with Crippen LogP contribution in [0.5, 0.6) is 0 Å². The Bertz CT molecular complexity index is 331. The minimum absolute atomic E-state index is 0.578. The van der Waals surface area contributed by atoms with E-state index >= 15 is 0 Å². The minimum Gasteiger partial charge on any atom is -0.313 e. The normalized spacial score (nSPS) is 27.9. The molecule has 90 valence electrons.